The molecule has 13 heavy (non-hydrogen) atoms. The Labute approximate surface area is 74.4 Å². The number of nitrogens with one attached hydrogen (secondary N) is 1. The minimum Gasteiger partial charge on any atom is -0.478 e. The molecule has 0 unspecified atom stereocenters. The minimum atomic E-state index is -0.992. The number of rotatable bonds is 1. The van der Waals surface area contributed by atoms with E-state index in [1.54, 1.807) is 24.4 Å². The topological polar surface area (TPSA) is 58.6 Å². The van der Waals surface area contributed by atoms with E-state index in [1.807, 2.05) is 0 Å². The van der Waals surface area contributed by atoms with Gasteiger partial charge >= 0.3 is 5.97 Å². The van der Waals surface area contributed by atoms with Crippen molar-refractivity contribution in [2.45, 2.75) is 0 Å². The van der Waals surface area contributed by atoms with E-state index in [-0.39, 0.29) is 5.56 Å². The van der Waals surface area contributed by atoms with E-state index in [0.717, 1.165) is 5.56 Å². The van der Waals surface area contributed by atoms with Crippen molar-refractivity contribution in [3.8, 4) is 5.75 Å². The van der Waals surface area contributed by atoms with Crippen molar-refractivity contribution in [3.63, 3.8) is 0 Å². The van der Waals surface area contributed by atoms with Gasteiger partial charge in [0.25, 0.3) is 0 Å². The fourth-order valence-electron chi connectivity index (χ4n) is 1.19. The van der Waals surface area contributed by atoms with Crippen LogP contribution in [-0.2, 0) is 0 Å². The lowest BCUT2D eigenvalue weighted by atomic mass is 10.1. The highest BCUT2D eigenvalue weighted by molar-refractivity contribution is 5.92. The molecular formula is C9H7NO3. The lowest BCUT2D eigenvalue weighted by Crippen LogP contribution is -2.17. The van der Waals surface area contributed by atoms with Gasteiger partial charge in [-0.2, -0.15) is 0 Å². The summed E-state index contributed by atoms with van der Waals surface area (Å²) in [7, 11) is 0. The minimum absolute atomic E-state index is 0.161. The molecule has 1 aliphatic heterocycles. The zero-order valence-corrected chi connectivity index (χ0v) is 6.65. The molecule has 0 bridgehead atoms. The molecule has 1 aromatic carbocycles. The van der Waals surface area contributed by atoms with E-state index in [9.17, 15) is 4.79 Å². The Morgan fingerprint density at radius 1 is 1.46 bits per heavy atom. The largest absolute Gasteiger partial charge is 0.478 e. The number of aromatic carboxylic acids is 1. The van der Waals surface area contributed by atoms with Crippen LogP contribution in [0.25, 0.3) is 6.08 Å². The summed E-state index contributed by atoms with van der Waals surface area (Å²) < 4.78 is 0. The van der Waals surface area contributed by atoms with Gasteiger partial charge in [-0.3, -0.25) is 0 Å². The zero-order chi connectivity index (χ0) is 9.26. The third-order valence-electron chi connectivity index (χ3n) is 1.77. The van der Waals surface area contributed by atoms with Gasteiger partial charge in [0.05, 0.1) is 0 Å². The normalized spacial score (nSPS) is 12.6. The molecule has 0 radical (unpaired) electrons. The Bertz CT molecular complexity index is 384. The maximum atomic E-state index is 10.7. The summed E-state index contributed by atoms with van der Waals surface area (Å²) >= 11 is 0. The van der Waals surface area contributed by atoms with Crippen molar-refractivity contribution in [2.75, 3.05) is 0 Å². The second-order valence-electron chi connectivity index (χ2n) is 2.58. The van der Waals surface area contributed by atoms with E-state index >= 15 is 0 Å². The molecule has 0 fully saturated rings. The first-order valence-corrected chi connectivity index (χ1v) is 3.74. The van der Waals surface area contributed by atoms with Crippen molar-refractivity contribution in [1.82, 2.24) is 5.48 Å². The second kappa shape index (κ2) is 2.82. The van der Waals surface area contributed by atoms with Crippen molar-refractivity contribution in [1.29, 1.82) is 0 Å². The van der Waals surface area contributed by atoms with Gasteiger partial charge in [-0.05, 0) is 12.1 Å². The second-order valence-corrected chi connectivity index (χ2v) is 2.58. The molecule has 1 heterocycles. The van der Waals surface area contributed by atoms with Crippen molar-refractivity contribution >= 4 is 12.0 Å². The van der Waals surface area contributed by atoms with Gasteiger partial charge in [0.15, 0.2) is 5.75 Å². The van der Waals surface area contributed by atoms with Crippen LogP contribution in [0.1, 0.15) is 15.9 Å². The monoisotopic (exact) mass is 177 g/mol. The van der Waals surface area contributed by atoms with Crippen LogP contribution in [0.5, 0.6) is 5.75 Å². The van der Waals surface area contributed by atoms with Crippen molar-refractivity contribution in [3.05, 3.63) is 35.5 Å². The summed E-state index contributed by atoms with van der Waals surface area (Å²) in [4.78, 5) is 15.7. The van der Waals surface area contributed by atoms with E-state index in [0.29, 0.717) is 5.75 Å². The molecular weight excluding hydrogens is 170 g/mol. The SMILES string of the molecule is O=C(O)c1cccc2c1ONC=C2. The molecule has 0 aromatic heterocycles. The fraction of sp³-hybridized carbons (Fsp3) is 0. The average molecular weight is 177 g/mol. The molecule has 0 saturated carbocycles. The van der Waals surface area contributed by atoms with Crippen LogP contribution < -0.4 is 10.3 Å². The predicted molar refractivity (Wildman–Crippen MR) is 46.2 cm³/mol. The van der Waals surface area contributed by atoms with Gasteiger partial charge in [0.2, 0.25) is 0 Å². The molecule has 4 heteroatoms. The molecule has 0 atom stereocenters. The maximum Gasteiger partial charge on any atom is 0.339 e. The third-order valence-corrected chi connectivity index (χ3v) is 1.77. The molecule has 0 spiro atoms. The highest BCUT2D eigenvalue weighted by Crippen LogP contribution is 2.26. The first-order valence-electron chi connectivity index (χ1n) is 3.74. The molecule has 0 aliphatic carbocycles. The van der Waals surface area contributed by atoms with E-state index in [1.165, 1.54) is 6.07 Å². The summed E-state index contributed by atoms with van der Waals surface area (Å²) in [5.41, 5.74) is 3.42. The molecule has 66 valence electrons. The standard InChI is InChI=1S/C9H7NO3/c11-9(12)7-3-1-2-6-4-5-10-13-8(6)7/h1-5,10H,(H,11,12). The van der Waals surface area contributed by atoms with Gasteiger partial charge in [0, 0.05) is 11.8 Å². The Morgan fingerprint density at radius 2 is 2.31 bits per heavy atom. The molecule has 1 aromatic rings. The number of hydroxylamine groups is 1. The van der Waals surface area contributed by atoms with E-state index in [2.05, 4.69) is 5.48 Å². The number of carboxylic acid groups (broad SMARTS) is 1. The fourth-order valence-corrected chi connectivity index (χ4v) is 1.19. The van der Waals surface area contributed by atoms with Crippen LogP contribution >= 0.6 is 0 Å². The Balaban J connectivity index is 2.59. The van der Waals surface area contributed by atoms with Gasteiger partial charge in [-0.25, -0.2) is 10.3 Å². The van der Waals surface area contributed by atoms with E-state index < -0.39 is 5.97 Å². The molecule has 1 aliphatic rings. The number of hydrogen-bond donors (Lipinski definition) is 2. The van der Waals surface area contributed by atoms with Crippen LogP contribution in [0.3, 0.4) is 0 Å². The number of hydrogen-bond acceptors (Lipinski definition) is 3. The molecule has 2 N–H and O–H groups in total. The summed E-state index contributed by atoms with van der Waals surface area (Å²) in [6, 6.07) is 4.97. The van der Waals surface area contributed by atoms with Crippen LogP contribution in [0.2, 0.25) is 0 Å². The van der Waals surface area contributed by atoms with Crippen LogP contribution in [0.4, 0.5) is 0 Å². The Kier molecular flexibility index (Phi) is 1.66. The number of benzene rings is 1. The van der Waals surface area contributed by atoms with Gasteiger partial charge in [-0.15, -0.1) is 0 Å². The van der Waals surface area contributed by atoms with E-state index in [4.69, 9.17) is 9.94 Å². The summed E-state index contributed by atoms with van der Waals surface area (Å²) in [5.74, 6) is -0.633. The highest BCUT2D eigenvalue weighted by Gasteiger charge is 2.15. The first-order chi connectivity index (χ1) is 6.29. The summed E-state index contributed by atoms with van der Waals surface area (Å²) in [5, 5.41) is 8.81. The van der Waals surface area contributed by atoms with Crippen LogP contribution in [0, 0.1) is 0 Å². The Hall–Kier alpha value is -1.97. The first kappa shape index (κ1) is 7.67. The Morgan fingerprint density at radius 3 is 3.08 bits per heavy atom. The van der Waals surface area contributed by atoms with Gasteiger partial charge < -0.3 is 9.94 Å². The average Bonchev–Trinajstić information content (AvgIpc) is 2.17. The molecule has 2 rings (SSSR count). The smallest absolute Gasteiger partial charge is 0.339 e. The number of fused-ring (bicyclic) bond motifs is 1. The molecule has 0 amide bonds. The highest BCUT2D eigenvalue weighted by atomic mass is 16.6. The number of carbonyl (C=O) groups is 1. The van der Waals surface area contributed by atoms with Gasteiger partial charge in [-0.1, -0.05) is 12.1 Å². The summed E-state index contributed by atoms with van der Waals surface area (Å²) in [6.45, 7) is 0. The van der Waals surface area contributed by atoms with Crippen molar-refractivity contribution < 1.29 is 14.7 Å². The molecule has 4 nitrogen and oxygen atoms in total. The third kappa shape index (κ3) is 1.22. The quantitative estimate of drug-likeness (QED) is 0.677. The molecule has 0 saturated heterocycles. The maximum absolute atomic E-state index is 10.7. The predicted octanol–water partition coefficient (Wildman–Crippen LogP) is 1.25. The number of para-hydroxylation sites is 1. The zero-order valence-electron chi connectivity index (χ0n) is 6.65. The number of carboxylic acids is 1. The van der Waals surface area contributed by atoms with Crippen LogP contribution in [-0.4, -0.2) is 11.1 Å². The van der Waals surface area contributed by atoms with Crippen molar-refractivity contribution in [2.24, 2.45) is 0 Å². The lowest BCUT2D eigenvalue weighted by molar-refractivity contribution is 0.0689. The van der Waals surface area contributed by atoms with Gasteiger partial charge in [0.1, 0.15) is 5.56 Å². The summed E-state index contributed by atoms with van der Waals surface area (Å²) in [6.07, 6.45) is 3.36. The lowest BCUT2D eigenvalue weighted by Gasteiger charge is -2.14. The van der Waals surface area contributed by atoms with Crippen LogP contribution in [0.15, 0.2) is 24.4 Å².